The summed E-state index contributed by atoms with van der Waals surface area (Å²) >= 11 is 3.71. The van der Waals surface area contributed by atoms with Crippen LogP contribution >= 0.6 is 15.9 Å². The standard InChI is InChI=1S/C18H23BrN2O/c19-17-16(11-12-22)21(13-14-7-3-1-4-8-14)20-18(17)15-9-5-2-6-10-15/h2,5-6,9-10,14,22H,1,3-4,7-8,11-13H2. The van der Waals surface area contributed by atoms with E-state index in [0.717, 1.165) is 33.9 Å². The lowest BCUT2D eigenvalue weighted by atomic mass is 9.89. The van der Waals surface area contributed by atoms with Crippen LogP contribution in [0, 0.1) is 5.92 Å². The van der Waals surface area contributed by atoms with Crippen LogP contribution in [-0.4, -0.2) is 21.5 Å². The van der Waals surface area contributed by atoms with E-state index in [2.05, 4.69) is 32.7 Å². The van der Waals surface area contributed by atoms with Gasteiger partial charge in [-0.2, -0.15) is 5.10 Å². The van der Waals surface area contributed by atoms with E-state index in [0.29, 0.717) is 6.42 Å². The Bertz CT molecular complexity index is 603. The number of aliphatic hydroxyl groups is 1. The number of aromatic nitrogens is 2. The second-order valence-corrected chi connectivity index (χ2v) is 6.93. The summed E-state index contributed by atoms with van der Waals surface area (Å²) in [5, 5.41) is 14.2. The highest BCUT2D eigenvalue weighted by Gasteiger charge is 2.20. The third kappa shape index (κ3) is 3.44. The van der Waals surface area contributed by atoms with Crippen molar-refractivity contribution >= 4 is 15.9 Å². The molecular formula is C18H23BrN2O. The number of hydrogen-bond donors (Lipinski definition) is 1. The Morgan fingerprint density at radius 3 is 2.55 bits per heavy atom. The van der Waals surface area contributed by atoms with Crippen molar-refractivity contribution in [2.45, 2.75) is 45.1 Å². The number of benzene rings is 1. The van der Waals surface area contributed by atoms with Gasteiger partial charge in [-0.05, 0) is 34.7 Å². The maximum atomic E-state index is 9.39. The van der Waals surface area contributed by atoms with Crippen molar-refractivity contribution in [3.63, 3.8) is 0 Å². The summed E-state index contributed by atoms with van der Waals surface area (Å²) in [6.07, 6.45) is 7.31. The van der Waals surface area contributed by atoms with Crippen LogP contribution in [0.4, 0.5) is 0 Å². The quantitative estimate of drug-likeness (QED) is 0.854. The zero-order valence-electron chi connectivity index (χ0n) is 12.8. The Labute approximate surface area is 140 Å². The smallest absolute Gasteiger partial charge is 0.107 e. The highest BCUT2D eigenvalue weighted by Crippen LogP contribution is 2.32. The largest absolute Gasteiger partial charge is 0.396 e. The summed E-state index contributed by atoms with van der Waals surface area (Å²) in [4.78, 5) is 0. The fourth-order valence-corrected chi connectivity index (χ4v) is 4.08. The molecule has 3 rings (SSSR count). The molecule has 22 heavy (non-hydrogen) atoms. The molecule has 0 atom stereocenters. The van der Waals surface area contributed by atoms with Crippen molar-refractivity contribution in [3.05, 3.63) is 40.5 Å². The van der Waals surface area contributed by atoms with Crippen molar-refractivity contribution in [1.29, 1.82) is 0 Å². The molecule has 1 heterocycles. The molecule has 0 saturated heterocycles. The fourth-order valence-electron chi connectivity index (χ4n) is 3.37. The van der Waals surface area contributed by atoms with Crippen molar-refractivity contribution in [2.24, 2.45) is 5.92 Å². The van der Waals surface area contributed by atoms with Gasteiger partial charge in [-0.3, -0.25) is 4.68 Å². The average molecular weight is 363 g/mol. The molecular weight excluding hydrogens is 340 g/mol. The molecule has 1 fully saturated rings. The molecule has 0 unspecified atom stereocenters. The highest BCUT2D eigenvalue weighted by molar-refractivity contribution is 9.10. The van der Waals surface area contributed by atoms with Crippen molar-refractivity contribution in [2.75, 3.05) is 6.61 Å². The van der Waals surface area contributed by atoms with E-state index in [1.165, 1.54) is 32.1 Å². The van der Waals surface area contributed by atoms with Crippen LogP contribution in [0.3, 0.4) is 0 Å². The summed E-state index contributed by atoms with van der Waals surface area (Å²) in [5.41, 5.74) is 3.22. The lowest BCUT2D eigenvalue weighted by Gasteiger charge is -2.22. The van der Waals surface area contributed by atoms with Gasteiger partial charge >= 0.3 is 0 Å². The highest BCUT2D eigenvalue weighted by atomic mass is 79.9. The van der Waals surface area contributed by atoms with E-state index in [1.54, 1.807) is 0 Å². The molecule has 3 nitrogen and oxygen atoms in total. The van der Waals surface area contributed by atoms with Gasteiger partial charge in [0.2, 0.25) is 0 Å². The molecule has 1 aromatic heterocycles. The van der Waals surface area contributed by atoms with E-state index in [4.69, 9.17) is 5.10 Å². The third-order valence-corrected chi connectivity index (χ3v) is 5.38. The topological polar surface area (TPSA) is 38.1 Å². The van der Waals surface area contributed by atoms with Gasteiger partial charge in [0.25, 0.3) is 0 Å². The first-order valence-electron chi connectivity index (χ1n) is 8.21. The van der Waals surface area contributed by atoms with E-state index in [9.17, 15) is 5.11 Å². The molecule has 0 spiro atoms. The van der Waals surface area contributed by atoms with Crippen LogP contribution in [0.25, 0.3) is 11.3 Å². The molecule has 118 valence electrons. The van der Waals surface area contributed by atoms with E-state index in [1.807, 2.05) is 18.2 Å². The summed E-state index contributed by atoms with van der Waals surface area (Å²) in [6, 6.07) is 10.3. The third-order valence-electron chi connectivity index (χ3n) is 4.55. The molecule has 0 amide bonds. The van der Waals surface area contributed by atoms with Gasteiger partial charge in [0.05, 0.1) is 10.2 Å². The van der Waals surface area contributed by atoms with Crippen molar-refractivity contribution < 1.29 is 5.11 Å². The summed E-state index contributed by atoms with van der Waals surface area (Å²) in [7, 11) is 0. The van der Waals surface area contributed by atoms with Crippen LogP contribution in [-0.2, 0) is 13.0 Å². The predicted molar refractivity (Wildman–Crippen MR) is 92.7 cm³/mol. The van der Waals surface area contributed by atoms with Gasteiger partial charge in [0.15, 0.2) is 0 Å². The first-order chi connectivity index (χ1) is 10.8. The fraction of sp³-hybridized carbons (Fsp3) is 0.500. The van der Waals surface area contributed by atoms with Crippen LogP contribution in [0.2, 0.25) is 0 Å². The molecule has 1 N–H and O–H groups in total. The van der Waals surface area contributed by atoms with Crippen LogP contribution in [0.5, 0.6) is 0 Å². The Kier molecular flexibility index (Phi) is 5.32. The number of rotatable bonds is 5. The molecule has 2 aromatic rings. The number of aliphatic hydroxyl groups excluding tert-OH is 1. The molecule has 0 radical (unpaired) electrons. The Balaban J connectivity index is 1.90. The van der Waals surface area contributed by atoms with Gasteiger partial charge in [0, 0.05) is 25.1 Å². The lowest BCUT2D eigenvalue weighted by molar-refractivity contribution is 0.282. The maximum Gasteiger partial charge on any atom is 0.107 e. The van der Waals surface area contributed by atoms with Crippen molar-refractivity contribution in [1.82, 2.24) is 9.78 Å². The van der Waals surface area contributed by atoms with Crippen LogP contribution < -0.4 is 0 Å². The second-order valence-electron chi connectivity index (χ2n) is 6.14. The summed E-state index contributed by atoms with van der Waals surface area (Å²) < 4.78 is 3.15. The summed E-state index contributed by atoms with van der Waals surface area (Å²) in [6.45, 7) is 1.13. The average Bonchev–Trinajstić information content (AvgIpc) is 2.86. The van der Waals surface area contributed by atoms with Gasteiger partial charge in [-0.25, -0.2) is 0 Å². The van der Waals surface area contributed by atoms with E-state index >= 15 is 0 Å². The molecule has 4 heteroatoms. The minimum atomic E-state index is 0.156. The molecule has 1 aromatic carbocycles. The van der Waals surface area contributed by atoms with Crippen LogP contribution in [0.15, 0.2) is 34.8 Å². The minimum absolute atomic E-state index is 0.156. The first-order valence-corrected chi connectivity index (χ1v) is 9.00. The number of nitrogens with zero attached hydrogens (tertiary/aromatic N) is 2. The lowest BCUT2D eigenvalue weighted by Crippen LogP contribution is -2.17. The molecule has 1 saturated carbocycles. The number of halogens is 1. The molecule has 0 aliphatic heterocycles. The Hall–Kier alpha value is -1.13. The van der Waals surface area contributed by atoms with Gasteiger partial charge in [-0.1, -0.05) is 49.6 Å². The Morgan fingerprint density at radius 2 is 1.86 bits per heavy atom. The number of hydrogen-bond acceptors (Lipinski definition) is 2. The van der Waals surface area contributed by atoms with Crippen LogP contribution in [0.1, 0.15) is 37.8 Å². The zero-order chi connectivity index (χ0) is 15.4. The van der Waals surface area contributed by atoms with E-state index < -0.39 is 0 Å². The second kappa shape index (κ2) is 7.42. The van der Waals surface area contributed by atoms with E-state index in [-0.39, 0.29) is 6.61 Å². The predicted octanol–water partition coefficient (Wildman–Crippen LogP) is 4.43. The molecule has 1 aliphatic carbocycles. The van der Waals surface area contributed by atoms with Gasteiger partial charge in [0.1, 0.15) is 5.69 Å². The Morgan fingerprint density at radius 1 is 1.14 bits per heavy atom. The van der Waals surface area contributed by atoms with Gasteiger partial charge < -0.3 is 5.11 Å². The zero-order valence-corrected chi connectivity index (χ0v) is 14.4. The SMILES string of the molecule is OCCc1c(Br)c(-c2ccccc2)nn1CC1CCCCC1. The normalized spacial score (nSPS) is 16.1. The van der Waals surface area contributed by atoms with Gasteiger partial charge in [-0.15, -0.1) is 0 Å². The summed E-state index contributed by atoms with van der Waals surface area (Å²) in [5.74, 6) is 0.724. The molecule has 0 bridgehead atoms. The minimum Gasteiger partial charge on any atom is -0.396 e. The van der Waals surface area contributed by atoms with Crippen molar-refractivity contribution in [3.8, 4) is 11.3 Å². The molecule has 1 aliphatic rings. The maximum absolute atomic E-state index is 9.39. The first kappa shape index (κ1) is 15.8. The monoisotopic (exact) mass is 362 g/mol.